The maximum Gasteiger partial charge on any atom is 0.101 e. The summed E-state index contributed by atoms with van der Waals surface area (Å²) in [5.41, 5.74) is 0. The van der Waals surface area contributed by atoms with Gasteiger partial charge in [-0.05, 0) is 5.37 Å². The molecule has 0 aliphatic carbocycles. The van der Waals surface area contributed by atoms with Crippen molar-refractivity contribution in [2.24, 2.45) is 4.99 Å². The number of rotatable bonds is 2. The van der Waals surface area contributed by atoms with Crippen LogP contribution >= 0.6 is 24.6 Å². The molecule has 0 amide bonds. The fraction of sp³-hybridized carbons (Fsp3) is 0.600. The number of thiocarbonyl (C=S) groups is 1. The van der Waals surface area contributed by atoms with Crippen molar-refractivity contribution in [2.45, 2.75) is 6.42 Å². The van der Waals surface area contributed by atoms with Gasteiger partial charge in [0.05, 0.1) is 6.54 Å². The van der Waals surface area contributed by atoms with E-state index in [0.717, 1.165) is 25.3 Å². The predicted molar refractivity (Wildman–Crippen MR) is 45.8 cm³/mol. The maximum absolute atomic E-state index is 4.64. The van der Waals surface area contributed by atoms with E-state index in [1.807, 2.05) is 0 Å². The Labute approximate surface area is 66.2 Å². The first-order chi connectivity index (χ1) is 3.93. The molecule has 52 valence electrons. The summed E-state index contributed by atoms with van der Waals surface area (Å²) < 4.78 is 0. The summed E-state index contributed by atoms with van der Waals surface area (Å²) in [6.45, 7) is 1.90. The highest BCUT2D eigenvalue weighted by molar-refractivity contribution is 7.79. The number of nitrogens with zero attached hydrogens (tertiary/aromatic N) is 1. The summed E-state index contributed by atoms with van der Waals surface area (Å²) in [6.07, 6.45) is 0.815. The maximum atomic E-state index is 4.64. The van der Waals surface area contributed by atoms with Crippen molar-refractivity contribution in [3.8, 4) is 0 Å². The van der Waals surface area contributed by atoms with Crippen LogP contribution in [0, 0.1) is 0 Å². The van der Waals surface area contributed by atoms with Gasteiger partial charge < -0.3 is 5.32 Å². The molecule has 0 fully saturated rings. The zero-order valence-electron chi connectivity index (χ0n) is 4.96. The molecule has 0 saturated carbocycles. The molecular weight excluding hydrogens is 156 g/mol. The van der Waals surface area contributed by atoms with Gasteiger partial charge in [0.2, 0.25) is 0 Å². The molecule has 0 aromatic rings. The molecule has 0 unspecified atom stereocenters. The minimum absolute atomic E-state index is 0. The quantitative estimate of drug-likeness (QED) is 0.611. The second kappa shape index (κ2) is 4.70. The van der Waals surface area contributed by atoms with Crippen LogP contribution in [0.1, 0.15) is 6.42 Å². The molecule has 0 saturated heterocycles. The van der Waals surface area contributed by atoms with Gasteiger partial charge in [-0.2, -0.15) is 0 Å². The summed E-state index contributed by atoms with van der Waals surface area (Å²) in [5.74, 6) is 1.04. The molecule has 0 atom stereocenters. The lowest BCUT2D eigenvalue weighted by Crippen LogP contribution is -2.17. The van der Waals surface area contributed by atoms with Gasteiger partial charge in [-0.3, -0.25) is 4.99 Å². The normalized spacial score (nSPS) is 15.3. The fourth-order valence-electron chi connectivity index (χ4n) is 0.663. The van der Waals surface area contributed by atoms with E-state index in [9.17, 15) is 0 Å². The van der Waals surface area contributed by atoms with Crippen molar-refractivity contribution < 1.29 is 0 Å². The number of hydrogen-bond acceptors (Lipinski definition) is 3. The Morgan fingerprint density at radius 1 is 1.78 bits per heavy atom. The van der Waals surface area contributed by atoms with E-state index in [1.165, 1.54) is 0 Å². The molecule has 4 heteroatoms. The zero-order chi connectivity index (χ0) is 5.82. The topological polar surface area (TPSA) is 24.4 Å². The van der Waals surface area contributed by atoms with E-state index in [0.29, 0.717) is 0 Å². The Morgan fingerprint density at radius 3 is 3.00 bits per heavy atom. The molecule has 1 aliphatic heterocycles. The van der Waals surface area contributed by atoms with Crippen LogP contribution in [-0.2, 0) is 0 Å². The molecule has 0 bridgehead atoms. The first-order valence-electron chi connectivity index (χ1n) is 2.64. The van der Waals surface area contributed by atoms with E-state index in [4.69, 9.17) is 0 Å². The summed E-state index contributed by atoms with van der Waals surface area (Å²) in [6, 6.07) is 0. The highest BCUT2D eigenvalue weighted by Crippen LogP contribution is 1.87. The van der Waals surface area contributed by atoms with Crippen LogP contribution in [0.4, 0.5) is 0 Å². The number of halogens is 1. The van der Waals surface area contributed by atoms with Crippen molar-refractivity contribution in [3.05, 3.63) is 0 Å². The Hall–Kier alpha value is -0.150. The van der Waals surface area contributed by atoms with E-state index < -0.39 is 0 Å². The van der Waals surface area contributed by atoms with Crippen molar-refractivity contribution >= 4 is 35.8 Å². The second-order valence-corrected chi connectivity index (χ2v) is 1.96. The third-order valence-electron chi connectivity index (χ3n) is 1.02. The van der Waals surface area contributed by atoms with Crippen molar-refractivity contribution in [2.75, 3.05) is 13.1 Å². The lowest BCUT2D eigenvalue weighted by atomic mass is 10.4. The molecule has 0 spiro atoms. The van der Waals surface area contributed by atoms with Crippen LogP contribution in [0.5, 0.6) is 0 Å². The molecule has 1 aliphatic rings. The van der Waals surface area contributed by atoms with Crippen molar-refractivity contribution in [1.29, 1.82) is 0 Å². The summed E-state index contributed by atoms with van der Waals surface area (Å²) in [4.78, 5) is 4.13. The molecule has 2 nitrogen and oxygen atoms in total. The van der Waals surface area contributed by atoms with Gasteiger partial charge in [0.1, 0.15) is 5.84 Å². The smallest absolute Gasteiger partial charge is 0.101 e. The number of amidine groups is 1. The zero-order valence-corrected chi connectivity index (χ0v) is 6.60. The Morgan fingerprint density at radius 2 is 2.56 bits per heavy atom. The third kappa shape index (κ3) is 2.77. The largest absolute Gasteiger partial charge is 0.372 e. The monoisotopic (exact) mass is 164 g/mol. The highest BCUT2D eigenvalue weighted by atomic mass is 35.5. The Bertz CT molecular complexity index is 124. The van der Waals surface area contributed by atoms with Gasteiger partial charge >= 0.3 is 0 Å². The predicted octanol–water partition coefficient (Wildman–Crippen LogP) is 0.800. The van der Waals surface area contributed by atoms with Gasteiger partial charge in [0, 0.05) is 13.0 Å². The second-order valence-electron chi connectivity index (χ2n) is 1.63. The lowest BCUT2D eigenvalue weighted by Gasteiger charge is -1.92. The van der Waals surface area contributed by atoms with Crippen LogP contribution in [0.25, 0.3) is 0 Å². The minimum atomic E-state index is 0. The van der Waals surface area contributed by atoms with E-state index in [-0.39, 0.29) is 12.4 Å². The third-order valence-corrected chi connectivity index (χ3v) is 1.19. The van der Waals surface area contributed by atoms with Crippen LogP contribution in [-0.4, -0.2) is 24.3 Å². The van der Waals surface area contributed by atoms with E-state index in [1.54, 1.807) is 5.37 Å². The number of aliphatic imine (C=N–C) groups is 1. The van der Waals surface area contributed by atoms with Gasteiger partial charge in [-0.1, -0.05) is 12.2 Å². The summed E-state index contributed by atoms with van der Waals surface area (Å²) in [7, 11) is 0. The molecule has 0 aromatic carbocycles. The summed E-state index contributed by atoms with van der Waals surface area (Å²) in [5, 5.41) is 4.80. The fourth-order valence-corrected chi connectivity index (χ4v) is 0.820. The highest BCUT2D eigenvalue weighted by Gasteiger charge is 2.00. The number of hydrogen-bond donors (Lipinski definition) is 1. The van der Waals surface area contributed by atoms with Crippen LogP contribution in [0.2, 0.25) is 0 Å². The SMILES string of the molecule is Cl.S=CCC1=NCCN1. The molecule has 1 N–H and O–H groups in total. The lowest BCUT2D eigenvalue weighted by molar-refractivity contribution is 0.957. The average Bonchev–Trinajstić information content (AvgIpc) is 2.19. The Balaban J connectivity index is 0.000000640. The van der Waals surface area contributed by atoms with E-state index >= 15 is 0 Å². The molecular formula is C5H9ClN2S. The number of nitrogens with one attached hydrogen (secondary N) is 1. The first kappa shape index (κ1) is 8.85. The first-order valence-corrected chi connectivity index (χ1v) is 3.11. The van der Waals surface area contributed by atoms with Crippen LogP contribution in [0.3, 0.4) is 0 Å². The van der Waals surface area contributed by atoms with Gasteiger partial charge in [-0.25, -0.2) is 0 Å². The van der Waals surface area contributed by atoms with Gasteiger partial charge in [0.15, 0.2) is 0 Å². The van der Waals surface area contributed by atoms with Crippen molar-refractivity contribution in [1.82, 2.24) is 5.32 Å². The van der Waals surface area contributed by atoms with E-state index in [2.05, 4.69) is 22.5 Å². The van der Waals surface area contributed by atoms with Crippen molar-refractivity contribution in [3.63, 3.8) is 0 Å². The minimum Gasteiger partial charge on any atom is -0.372 e. The van der Waals surface area contributed by atoms with Gasteiger partial charge in [-0.15, -0.1) is 12.4 Å². The van der Waals surface area contributed by atoms with Crippen LogP contribution < -0.4 is 5.32 Å². The standard InChI is InChI=1S/C5H8N2S.ClH/c8-4-1-5-6-2-3-7-5;/h4H,1-3H2,(H,6,7);1H. The molecule has 0 radical (unpaired) electrons. The molecule has 1 heterocycles. The molecule has 1 rings (SSSR count). The van der Waals surface area contributed by atoms with Gasteiger partial charge in [0.25, 0.3) is 0 Å². The molecule has 0 aromatic heterocycles. The van der Waals surface area contributed by atoms with Crippen LogP contribution in [0.15, 0.2) is 4.99 Å². The summed E-state index contributed by atoms with van der Waals surface area (Å²) >= 11 is 4.64. The average molecular weight is 165 g/mol. The Kier molecular flexibility index (Phi) is 4.62. The molecule has 9 heavy (non-hydrogen) atoms.